The molecule has 0 aromatic carbocycles. The first-order chi connectivity index (χ1) is 21.3. The van der Waals surface area contributed by atoms with Gasteiger partial charge in [0.25, 0.3) is 5.56 Å². The molecule has 0 amide bonds. The van der Waals surface area contributed by atoms with Crippen LogP contribution < -0.4 is 17.0 Å². The average Bonchev–Trinajstić information content (AvgIpc) is 3.73. The summed E-state index contributed by atoms with van der Waals surface area (Å²) in [4.78, 5) is 45.6. The summed E-state index contributed by atoms with van der Waals surface area (Å²) in [6.07, 6.45) is -6.93. The fourth-order valence-corrected chi connectivity index (χ4v) is 7.07. The van der Waals surface area contributed by atoms with Gasteiger partial charge in [-0.3, -0.25) is 23.4 Å². The minimum atomic E-state index is -4.54. The largest absolute Gasteiger partial charge is 0.582 e. The van der Waals surface area contributed by atoms with Crippen molar-refractivity contribution in [3.63, 3.8) is 0 Å². The van der Waals surface area contributed by atoms with Crippen LogP contribution in [0.3, 0.4) is 0 Å². The molecular formula is C20H23F2N10O9P2S2+. The Morgan fingerprint density at radius 3 is 2.71 bits per heavy atom. The second-order valence-electron chi connectivity index (χ2n) is 9.81. The van der Waals surface area contributed by atoms with Crippen LogP contribution in [-0.4, -0.2) is 99.5 Å². The summed E-state index contributed by atoms with van der Waals surface area (Å²) in [5.74, 6) is -0.295. The number of H-pyrrole nitrogens is 1. The Balaban J connectivity index is 1.25. The van der Waals surface area contributed by atoms with Crippen LogP contribution in [0.25, 0.3) is 22.3 Å². The normalized spacial score (nSPS) is 30.3. The fraction of sp³-hybridized carbons (Fsp3) is 0.500. The zero-order chi connectivity index (χ0) is 32.3. The second kappa shape index (κ2) is 12.1. The molecule has 2 fully saturated rings. The maximum absolute atomic E-state index is 16.2. The van der Waals surface area contributed by atoms with E-state index in [0.717, 1.165) is 17.2 Å². The predicted octanol–water partition coefficient (Wildman–Crippen LogP) is -0.0362. The van der Waals surface area contributed by atoms with Gasteiger partial charge in [-0.15, -0.1) is 4.52 Å². The number of aliphatic hydroxyl groups is 1. The van der Waals surface area contributed by atoms with E-state index in [-0.39, 0.29) is 34.1 Å². The van der Waals surface area contributed by atoms with Gasteiger partial charge in [-0.2, -0.15) is 4.98 Å². The lowest BCUT2D eigenvalue weighted by molar-refractivity contribution is -0.0777. The third kappa shape index (κ3) is 5.82. The van der Waals surface area contributed by atoms with Crippen LogP contribution in [0, 0.1) is 0 Å². The molecule has 19 nitrogen and oxygen atoms in total. The highest BCUT2D eigenvalue weighted by molar-refractivity contribution is 8.39. The number of hydrogen-bond acceptors (Lipinski definition) is 16. The molecule has 0 saturated carbocycles. The Hall–Kier alpha value is -2.82. The number of nitrogens with zero attached hydrogens (tertiary/aromatic N) is 7. The number of imidazole rings is 2. The van der Waals surface area contributed by atoms with E-state index < -0.39 is 81.9 Å². The molecule has 0 bridgehead atoms. The van der Waals surface area contributed by atoms with Gasteiger partial charge < -0.3 is 35.5 Å². The van der Waals surface area contributed by atoms with Crippen LogP contribution in [0.2, 0.25) is 0 Å². The number of ether oxygens (including phenoxy) is 2. The summed E-state index contributed by atoms with van der Waals surface area (Å²) < 4.78 is 72.2. The number of nitrogen functional groups attached to an aromatic ring is 2. The van der Waals surface area contributed by atoms with Crippen molar-refractivity contribution in [3.05, 3.63) is 29.3 Å². The molecule has 7 N–H and O–H groups in total. The Kier molecular flexibility index (Phi) is 8.63. The number of rotatable bonds is 10. The molecule has 0 aliphatic carbocycles. The van der Waals surface area contributed by atoms with Crippen molar-refractivity contribution in [1.82, 2.24) is 39.0 Å². The summed E-state index contributed by atoms with van der Waals surface area (Å²) >= 11 is 8.80. The van der Waals surface area contributed by atoms with E-state index >= 15 is 8.78 Å². The van der Waals surface area contributed by atoms with Crippen molar-refractivity contribution in [3.8, 4) is 0 Å². The molecule has 2 aliphatic rings. The number of nitrogens with one attached hydrogen (secondary N) is 1. The number of nitrogens with two attached hydrogens (primary N) is 2. The molecule has 9 atom stereocenters. The lowest BCUT2D eigenvalue weighted by atomic mass is 10.1. The number of halogens is 2. The van der Waals surface area contributed by atoms with Crippen molar-refractivity contribution in [2.75, 3.05) is 31.3 Å². The Morgan fingerprint density at radius 2 is 1.96 bits per heavy atom. The van der Waals surface area contributed by atoms with Gasteiger partial charge in [-0.05, 0) is 16.4 Å². The molecule has 6 rings (SSSR count). The molecule has 242 valence electrons. The van der Waals surface area contributed by atoms with E-state index in [1.165, 1.54) is 10.9 Å². The number of hydrogen-bond donors (Lipinski definition) is 6. The van der Waals surface area contributed by atoms with Gasteiger partial charge in [-0.25, -0.2) is 28.7 Å². The van der Waals surface area contributed by atoms with Crippen molar-refractivity contribution in [2.24, 2.45) is 0 Å². The number of fused-ring (bicyclic) bond motifs is 2. The van der Waals surface area contributed by atoms with Crippen LogP contribution >= 0.6 is 26.2 Å². The van der Waals surface area contributed by atoms with Crippen LogP contribution in [0.4, 0.5) is 20.5 Å². The van der Waals surface area contributed by atoms with Gasteiger partial charge in [0, 0.05) is 0 Å². The van der Waals surface area contributed by atoms with Crippen molar-refractivity contribution < 1.29 is 46.4 Å². The van der Waals surface area contributed by atoms with Gasteiger partial charge in [0.15, 0.2) is 41.2 Å². The maximum Gasteiger partial charge on any atom is 0.582 e. The van der Waals surface area contributed by atoms with Crippen molar-refractivity contribution in [2.45, 2.75) is 42.6 Å². The molecule has 2 saturated heterocycles. The van der Waals surface area contributed by atoms with Gasteiger partial charge in [0.2, 0.25) is 11.7 Å². The van der Waals surface area contributed by atoms with Gasteiger partial charge in [0.1, 0.15) is 49.0 Å². The first-order valence-electron chi connectivity index (χ1n) is 12.7. The van der Waals surface area contributed by atoms with E-state index in [9.17, 15) is 19.4 Å². The highest BCUT2D eigenvalue weighted by Gasteiger charge is 2.58. The minimum Gasteiger partial charge on any atom is -0.387 e. The van der Waals surface area contributed by atoms with Crippen LogP contribution in [0.5, 0.6) is 0 Å². The van der Waals surface area contributed by atoms with E-state index in [0.29, 0.717) is 0 Å². The van der Waals surface area contributed by atoms with E-state index in [1.54, 1.807) is 0 Å². The Morgan fingerprint density at radius 1 is 1.20 bits per heavy atom. The quantitative estimate of drug-likeness (QED) is 0.0931. The predicted molar refractivity (Wildman–Crippen MR) is 156 cm³/mol. The Bertz CT molecular complexity index is 1890. The smallest absolute Gasteiger partial charge is 0.387 e. The maximum atomic E-state index is 16.2. The van der Waals surface area contributed by atoms with E-state index in [4.69, 9.17) is 46.3 Å². The molecule has 2 unspecified atom stereocenters. The molecule has 4 aromatic heterocycles. The summed E-state index contributed by atoms with van der Waals surface area (Å²) in [6.45, 7) is -6.47. The minimum absolute atomic E-state index is 0.0445. The first kappa shape index (κ1) is 32.1. The molecule has 0 spiro atoms. The number of aromatic nitrogens is 8. The molecule has 6 heterocycles. The summed E-state index contributed by atoms with van der Waals surface area (Å²) in [7, 11) is -2.44. The topological polar surface area (TPSA) is 263 Å². The van der Waals surface area contributed by atoms with Crippen LogP contribution in [0.1, 0.15) is 6.23 Å². The number of aromatic amines is 1. The van der Waals surface area contributed by atoms with Gasteiger partial charge in [-0.1, -0.05) is 0 Å². The number of thiol groups is 1. The number of anilines is 2. The highest BCUT2D eigenvalue weighted by atomic mass is 32.7. The fourth-order valence-electron chi connectivity index (χ4n) is 4.99. The standard InChI is InChI=1S/C20H22F2N10O9P2S2/c21-9-12(33)7(40-18(9)31-5-27-10-14(23)25-4-26-15(10)31)2-39-43(36,45)41-20(3-37-8(13(20)22)1-38-42(35)44)32-6-28-11-16(32)29-19(24)30-17(11)34/h4-9,12-13,18,33H,1-3H2,(H6-,23,24,25,26,29,30,34,35,36,44,45)/p+1/t7-,8-,9+,12-,13-,18-,20+,43?/m1/s1. The Labute approximate surface area is 260 Å². The van der Waals surface area contributed by atoms with Crippen LogP contribution in [0.15, 0.2) is 23.8 Å². The monoisotopic (exact) mass is 711 g/mol. The third-order valence-electron chi connectivity index (χ3n) is 7.07. The molecule has 2 aliphatic heterocycles. The third-order valence-corrected chi connectivity index (χ3v) is 9.35. The van der Waals surface area contributed by atoms with Gasteiger partial charge in [0.05, 0.1) is 25.9 Å². The number of alkyl halides is 2. The molecule has 0 radical (unpaired) electrons. The van der Waals surface area contributed by atoms with Gasteiger partial charge >= 0.3 is 13.9 Å². The van der Waals surface area contributed by atoms with E-state index in [2.05, 4.69) is 42.2 Å². The van der Waals surface area contributed by atoms with Crippen molar-refractivity contribution in [1.29, 1.82) is 0 Å². The van der Waals surface area contributed by atoms with Crippen LogP contribution in [-0.2, 0) is 45.1 Å². The molecule has 45 heavy (non-hydrogen) atoms. The SMILES string of the molecule is Nc1nc2c(ncn2[C@]2(OP(O)(=S)OC[C@H]3O[C@@H](n4cnc5c(N)ncnc54)[C@@H](F)[C@@H]3O)CO[C@H](CO[P+](=O)S)[C@H]2F)c(=O)[nH]1. The summed E-state index contributed by atoms with van der Waals surface area (Å²) in [6, 6.07) is 0. The molecular weight excluding hydrogens is 688 g/mol. The summed E-state index contributed by atoms with van der Waals surface area (Å²) in [5, 5.41) is 10.6. The zero-order valence-electron chi connectivity index (χ0n) is 22.4. The first-order valence-corrected chi connectivity index (χ1v) is 17.6. The molecule has 4 aromatic rings. The number of aliphatic hydroxyl groups excluding tert-OH is 1. The summed E-state index contributed by atoms with van der Waals surface area (Å²) in [5.41, 5.74) is 8.14. The highest BCUT2D eigenvalue weighted by Crippen LogP contribution is 2.54. The second-order valence-corrected chi connectivity index (χ2v) is 14.3. The molecule has 25 heteroatoms. The lowest BCUT2D eigenvalue weighted by Gasteiger charge is -2.34. The average molecular weight is 712 g/mol. The lowest BCUT2D eigenvalue weighted by Crippen LogP contribution is -2.46. The van der Waals surface area contributed by atoms with Crippen molar-refractivity contribution >= 4 is 72.1 Å². The zero-order valence-corrected chi connectivity index (χ0v) is 25.9. The van der Waals surface area contributed by atoms with E-state index in [1.807, 2.05) is 0 Å².